The summed E-state index contributed by atoms with van der Waals surface area (Å²) in [5, 5.41) is 9.00. The number of aromatic nitrogens is 2. The number of hydrogen-bond donors (Lipinski definition) is 2. The molecule has 0 spiro atoms. The SMILES string of the molecule is CCCCNC(=O)N1Cc2nn(C)c(NS(=O)(=O)c3cccc4c(Cl)cccc34)c2C1. The summed E-state index contributed by atoms with van der Waals surface area (Å²) in [4.78, 5) is 14.2. The molecule has 0 atom stereocenters. The summed E-state index contributed by atoms with van der Waals surface area (Å²) in [6, 6.07) is 10.00. The highest BCUT2D eigenvalue weighted by molar-refractivity contribution is 7.93. The molecule has 0 unspecified atom stereocenters. The highest BCUT2D eigenvalue weighted by Gasteiger charge is 2.31. The van der Waals surface area contributed by atoms with Crippen LogP contribution in [0.3, 0.4) is 0 Å². The standard InChI is InChI=1S/C21H24ClN5O3S/c1-3-4-11-23-21(28)27-12-16-18(13-27)24-26(2)20(16)25-31(29,30)19-10-6-7-14-15(19)8-5-9-17(14)22/h5-10,25H,3-4,11-13H2,1-2H3,(H,23,28). The summed E-state index contributed by atoms with van der Waals surface area (Å²) in [5.74, 6) is 0.359. The summed E-state index contributed by atoms with van der Waals surface area (Å²) in [7, 11) is -2.23. The third-order valence-corrected chi connectivity index (χ3v) is 7.09. The molecule has 164 valence electrons. The van der Waals surface area contributed by atoms with E-state index in [2.05, 4.69) is 22.1 Å². The number of rotatable bonds is 6. The summed E-state index contributed by atoms with van der Waals surface area (Å²) < 4.78 is 30.7. The minimum atomic E-state index is -3.91. The molecule has 31 heavy (non-hydrogen) atoms. The van der Waals surface area contributed by atoms with E-state index in [1.54, 1.807) is 48.3 Å². The van der Waals surface area contributed by atoms with Crippen molar-refractivity contribution in [1.29, 1.82) is 0 Å². The normalized spacial score (nSPS) is 13.5. The third kappa shape index (κ3) is 4.07. The number of benzene rings is 2. The van der Waals surface area contributed by atoms with Crippen LogP contribution >= 0.6 is 11.6 Å². The minimum Gasteiger partial charge on any atom is -0.338 e. The number of nitrogens with one attached hydrogen (secondary N) is 2. The Morgan fingerprint density at radius 2 is 1.90 bits per heavy atom. The van der Waals surface area contributed by atoms with E-state index in [9.17, 15) is 13.2 Å². The number of amides is 2. The zero-order valence-electron chi connectivity index (χ0n) is 17.4. The molecule has 1 aromatic heterocycles. The van der Waals surface area contributed by atoms with Crippen LogP contribution < -0.4 is 10.0 Å². The predicted molar refractivity (Wildman–Crippen MR) is 121 cm³/mol. The topological polar surface area (TPSA) is 96.3 Å². The zero-order chi connectivity index (χ0) is 22.2. The average Bonchev–Trinajstić information content (AvgIpc) is 3.26. The van der Waals surface area contributed by atoms with Gasteiger partial charge >= 0.3 is 6.03 Å². The molecule has 0 bridgehead atoms. The Morgan fingerprint density at radius 3 is 2.68 bits per heavy atom. The van der Waals surface area contributed by atoms with Crippen LogP contribution in [0.15, 0.2) is 41.3 Å². The van der Waals surface area contributed by atoms with Gasteiger partial charge in [-0.05, 0) is 18.6 Å². The van der Waals surface area contributed by atoms with Crippen LogP contribution in [0.5, 0.6) is 0 Å². The summed E-state index contributed by atoms with van der Waals surface area (Å²) in [5.41, 5.74) is 1.39. The van der Waals surface area contributed by atoms with Crippen molar-refractivity contribution in [2.45, 2.75) is 37.8 Å². The number of carbonyl (C=O) groups excluding carboxylic acids is 1. The number of halogens is 1. The Morgan fingerprint density at radius 1 is 1.16 bits per heavy atom. The van der Waals surface area contributed by atoms with Crippen LogP contribution in [0, 0.1) is 0 Å². The van der Waals surface area contributed by atoms with E-state index < -0.39 is 10.0 Å². The Hall–Kier alpha value is -2.78. The first-order valence-electron chi connectivity index (χ1n) is 10.1. The summed E-state index contributed by atoms with van der Waals surface area (Å²) >= 11 is 6.24. The van der Waals surface area contributed by atoms with Crippen molar-refractivity contribution < 1.29 is 13.2 Å². The Labute approximate surface area is 186 Å². The number of fused-ring (bicyclic) bond motifs is 2. The fourth-order valence-corrected chi connectivity index (χ4v) is 5.34. The number of sulfonamides is 1. The van der Waals surface area contributed by atoms with Crippen molar-refractivity contribution in [1.82, 2.24) is 20.0 Å². The van der Waals surface area contributed by atoms with Crippen LogP contribution in [-0.2, 0) is 30.2 Å². The van der Waals surface area contributed by atoms with Crippen LogP contribution in [0.4, 0.5) is 10.6 Å². The Bertz CT molecular complexity index is 1260. The fraction of sp³-hybridized carbons (Fsp3) is 0.333. The molecule has 10 heteroatoms. The first-order valence-corrected chi connectivity index (χ1v) is 12.0. The quantitative estimate of drug-likeness (QED) is 0.545. The molecule has 0 aliphatic carbocycles. The predicted octanol–water partition coefficient (Wildman–Crippen LogP) is 3.85. The summed E-state index contributed by atoms with van der Waals surface area (Å²) in [6.07, 6.45) is 1.90. The van der Waals surface area contributed by atoms with Crippen LogP contribution in [0.25, 0.3) is 10.8 Å². The molecular weight excluding hydrogens is 438 g/mol. The van der Waals surface area contributed by atoms with Crippen molar-refractivity contribution in [2.24, 2.45) is 7.05 Å². The third-order valence-electron chi connectivity index (χ3n) is 5.36. The number of anilines is 1. The van der Waals surface area contributed by atoms with Crippen LogP contribution in [-0.4, -0.2) is 35.7 Å². The maximum atomic E-state index is 13.3. The van der Waals surface area contributed by atoms with E-state index in [4.69, 9.17) is 11.6 Å². The second kappa shape index (κ2) is 8.39. The smallest absolute Gasteiger partial charge is 0.318 e. The van der Waals surface area contributed by atoms with Gasteiger partial charge in [0.1, 0.15) is 5.82 Å². The molecule has 3 aromatic rings. The lowest BCUT2D eigenvalue weighted by molar-refractivity contribution is 0.197. The monoisotopic (exact) mass is 461 g/mol. The van der Waals surface area contributed by atoms with Gasteiger partial charge in [0, 0.05) is 35.0 Å². The van der Waals surface area contributed by atoms with Gasteiger partial charge < -0.3 is 10.2 Å². The molecule has 2 amide bonds. The maximum Gasteiger partial charge on any atom is 0.318 e. The lowest BCUT2D eigenvalue weighted by Gasteiger charge is -2.17. The molecule has 1 aliphatic heterocycles. The maximum absolute atomic E-state index is 13.3. The van der Waals surface area contributed by atoms with Crippen LogP contribution in [0.2, 0.25) is 5.02 Å². The molecule has 2 aromatic carbocycles. The lowest BCUT2D eigenvalue weighted by Crippen LogP contribution is -2.37. The molecule has 1 aliphatic rings. The van der Waals surface area contributed by atoms with Gasteiger partial charge in [-0.1, -0.05) is 49.2 Å². The van der Waals surface area contributed by atoms with E-state index in [1.165, 1.54) is 4.68 Å². The molecule has 8 nitrogen and oxygen atoms in total. The number of unbranched alkanes of at least 4 members (excludes halogenated alkanes) is 1. The first kappa shape index (κ1) is 21.5. The van der Waals surface area contributed by atoms with Crippen molar-refractivity contribution in [3.05, 3.63) is 52.7 Å². The molecule has 2 heterocycles. The minimum absolute atomic E-state index is 0.134. The largest absolute Gasteiger partial charge is 0.338 e. The van der Waals surface area contributed by atoms with Gasteiger partial charge in [-0.3, -0.25) is 9.40 Å². The molecule has 0 saturated carbocycles. The van der Waals surface area contributed by atoms with Crippen molar-refractivity contribution in [2.75, 3.05) is 11.3 Å². The van der Waals surface area contributed by atoms with Crippen molar-refractivity contribution in [3.8, 4) is 0 Å². The van der Waals surface area contributed by atoms with E-state index in [0.29, 0.717) is 52.5 Å². The molecule has 0 radical (unpaired) electrons. The fourth-order valence-electron chi connectivity index (χ4n) is 3.76. The van der Waals surface area contributed by atoms with E-state index in [0.717, 1.165) is 12.8 Å². The molecular formula is C21H24ClN5O3S. The Balaban J connectivity index is 1.61. The second-order valence-electron chi connectivity index (χ2n) is 7.54. The number of aryl methyl sites for hydroxylation is 1. The first-order chi connectivity index (χ1) is 14.8. The highest BCUT2D eigenvalue weighted by Crippen LogP contribution is 2.33. The van der Waals surface area contributed by atoms with Gasteiger partial charge in [-0.2, -0.15) is 5.10 Å². The van der Waals surface area contributed by atoms with Gasteiger partial charge in [0.2, 0.25) is 0 Å². The van der Waals surface area contributed by atoms with Crippen LogP contribution in [0.1, 0.15) is 31.0 Å². The number of nitrogens with zero attached hydrogens (tertiary/aromatic N) is 3. The van der Waals surface area contributed by atoms with Crippen molar-refractivity contribution in [3.63, 3.8) is 0 Å². The van der Waals surface area contributed by atoms with Gasteiger partial charge in [0.15, 0.2) is 0 Å². The molecule has 4 rings (SSSR count). The number of urea groups is 1. The highest BCUT2D eigenvalue weighted by atomic mass is 35.5. The van der Waals surface area contributed by atoms with Gasteiger partial charge in [-0.15, -0.1) is 0 Å². The number of hydrogen-bond acceptors (Lipinski definition) is 4. The van der Waals surface area contributed by atoms with Crippen molar-refractivity contribution >= 4 is 44.2 Å². The number of carbonyl (C=O) groups is 1. The zero-order valence-corrected chi connectivity index (χ0v) is 18.9. The van der Waals surface area contributed by atoms with Gasteiger partial charge in [-0.25, -0.2) is 13.2 Å². The summed E-state index contributed by atoms with van der Waals surface area (Å²) in [6.45, 7) is 3.30. The average molecular weight is 462 g/mol. The van der Waals surface area contributed by atoms with E-state index >= 15 is 0 Å². The van der Waals surface area contributed by atoms with Gasteiger partial charge in [0.05, 0.1) is 23.7 Å². The van der Waals surface area contributed by atoms with Gasteiger partial charge in [0.25, 0.3) is 10.0 Å². The van der Waals surface area contributed by atoms with E-state index in [1.807, 2.05) is 0 Å². The van der Waals surface area contributed by atoms with E-state index in [-0.39, 0.29) is 10.9 Å². The lowest BCUT2D eigenvalue weighted by atomic mass is 10.1. The molecule has 0 fully saturated rings. The second-order valence-corrected chi connectivity index (χ2v) is 9.59. The molecule has 2 N–H and O–H groups in total. The molecule has 0 saturated heterocycles. The Kier molecular flexibility index (Phi) is 5.81.